The Bertz CT molecular complexity index is 737. The molecule has 2 aromatic rings. The van der Waals surface area contributed by atoms with Gasteiger partial charge in [-0.2, -0.15) is 0 Å². The smallest absolute Gasteiger partial charge is 0.220 e. The molecule has 0 radical (unpaired) electrons. The number of rotatable bonds is 7. The van der Waals surface area contributed by atoms with Crippen molar-refractivity contribution < 1.29 is 9.53 Å². The van der Waals surface area contributed by atoms with Gasteiger partial charge in [0.1, 0.15) is 0 Å². The zero-order valence-corrected chi connectivity index (χ0v) is 17.6. The topological polar surface area (TPSA) is 67.6 Å². The second kappa shape index (κ2) is 12.6. The van der Waals surface area contributed by atoms with Crippen LogP contribution in [0, 0.1) is 0 Å². The third kappa shape index (κ3) is 7.32. The predicted octanol–water partition coefficient (Wildman–Crippen LogP) is 3.19. The fraction of sp³-hybridized carbons (Fsp3) is 0.381. The zero-order chi connectivity index (χ0) is 18.2. The lowest BCUT2D eigenvalue weighted by atomic mass is 10.1. The molecule has 1 aliphatic heterocycles. The first-order valence-corrected chi connectivity index (χ1v) is 9.19. The van der Waals surface area contributed by atoms with Crippen LogP contribution in [0.3, 0.4) is 0 Å². The van der Waals surface area contributed by atoms with Gasteiger partial charge in [0.15, 0.2) is 0 Å². The van der Waals surface area contributed by atoms with E-state index in [0.717, 1.165) is 44.1 Å². The summed E-state index contributed by atoms with van der Waals surface area (Å²) < 4.78 is 5.41. The molecule has 154 valence electrons. The average Bonchev–Trinajstić information content (AvgIpc) is 2.67. The van der Waals surface area contributed by atoms with Gasteiger partial charge in [-0.3, -0.25) is 9.69 Å². The Labute approximate surface area is 179 Å². The number of hydrogen-bond donors (Lipinski definition) is 2. The van der Waals surface area contributed by atoms with Crippen LogP contribution in [0.2, 0.25) is 0 Å². The highest BCUT2D eigenvalue weighted by Crippen LogP contribution is 2.14. The second-order valence-electron chi connectivity index (χ2n) is 6.63. The van der Waals surface area contributed by atoms with Crippen LogP contribution in [-0.4, -0.2) is 37.1 Å². The lowest BCUT2D eigenvalue weighted by molar-refractivity contribution is -0.121. The molecule has 0 atom stereocenters. The molecule has 3 N–H and O–H groups in total. The molecule has 0 aromatic heterocycles. The first-order valence-electron chi connectivity index (χ1n) is 9.19. The van der Waals surface area contributed by atoms with Gasteiger partial charge in [-0.25, -0.2) is 0 Å². The van der Waals surface area contributed by atoms with E-state index >= 15 is 0 Å². The molecule has 1 aliphatic rings. The van der Waals surface area contributed by atoms with E-state index in [1.165, 1.54) is 11.1 Å². The molecule has 2 aromatic carbocycles. The fourth-order valence-corrected chi connectivity index (χ4v) is 3.18. The summed E-state index contributed by atoms with van der Waals surface area (Å²) >= 11 is 0. The van der Waals surface area contributed by atoms with Crippen molar-refractivity contribution in [1.82, 2.24) is 10.2 Å². The van der Waals surface area contributed by atoms with E-state index in [0.29, 0.717) is 19.4 Å². The number of anilines is 1. The molecule has 0 aliphatic carbocycles. The van der Waals surface area contributed by atoms with Crippen LogP contribution in [-0.2, 0) is 29.0 Å². The second-order valence-corrected chi connectivity index (χ2v) is 6.63. The number of nitrogens with two attached hydrogens (primary N) is 1. The Morgan fingerprint density at radius 1 is 0.964 bits per heavy atom. The third-order valence-corrected chi connectivity index (χ3v) is 4.77. The summed E-state index contributed by atoms with van der Waals surface area (Å²) in [7, 11) is 0. The van der Waals surface area contributed by atoms with Crippen molar-refractivity contribution in [1.29, 1.82) is 0 Å². The normalized spacial score (nSPS) is 13.9. The average molecular weight is 426 g/mol. The number of nitrogen functional groups attached to an aromatic ring is 1. The van der Waals surface area contributed by atoms with E-state index < -0.39 is 0 Å². The van der Waals surface area contributed by atoms with E-state index in [9.17, 15) is 4.79 Å². The molecule has 5 nitrogen and oxygen atoms in total. The van der Waals surface area contributed by atoms with E-state index in [1.807, 2.05) is 30.3 Å². The molecule has 0 spiro atoms. The van der Waals surface area contributed by atoms with E-state index in [4.69, 9.17) is 10.5 Å². The van der Waals surface area contributed by atoms with Gasteiger partial charge in [0.25, 0.3) is 0 Å². The molecule has 0 unspecified atom stereocenters. The number of carbonyl (C=O) groups is 1. The molecular formula is C21H29Cl2N3O2. The Kier molecular flexibility index (Phi) is 10.9. The molecule has 28 heavy (non-hydrogen) atoms. The number of nitrogens with zero attached hydrogens (tertiary/aromatic N) is 1. The Morgan fingerprint density at radius 3 is 2.25 bits per heavy atom. The van der Waals surface area contributed by atoms with Gasteiger partial charge in [-0.15, -0.1) is 24.8 Å². The number of amides is 1. The van der Waals surface area contributed by atoms with Crippen LogP contribution in [0.15, 0.2) is 48.5 Å². The molecule has 3 rings (SSSR count). The van der Waals surface area contributed by atoms with E-state index in [2.05, 4.69) is 28.4 Å². The van der Waals surface area contributed by atoms with E-state index in [-0.39, 0.29) is 30.7 Å². The zero-order valence-electron chi connectivity index (χ0n) is 15.9. The third-order valence-electron chi connectivity index (χ3n) is 4.77. The number of aryl methyl sites for hydroxylation is 1. The summed E-state index contributed by atoms with van der Waals surface area (Å²) in [6, 6.07) is 16.0. The van der Waals surface area contributed by atoms with Gasteiger partial charge < -0.3 is 15.8 Å². The molecule has 1 amide bonds. The molecular weight excluding hydrogens is 397 g/mol. The lowest BCUT2D eigenvalue weighted by Crippen LogP contribution is -2.36. The van der Waals surface area contributed by atoms with Crippen molar-refractivity contribution >= 4 is 36.4 Å². The van der Waals surface area contributed by atoms with E-state index in [1.54, 1.807) is 0 Å². The van der Waals surface area contributed by atoms with Crippen LogP contribution < -0.4 is 11.1 Å². The van der Waals surface area contributed by atoms with Crippen molar-refractivity contribution in [2.75, 3.05) is 32.0 Å². The number of ether oxygens (including phenoxy) is 1. The lowest BCUT2D eigenvalue weighted by Gasteiger charge is -2.27. The van der Waals surface area contributed by atoms with Crippen LogP contribution in [0.1, 0.15) is 23.1 Å². The van der Waals surface area contributed by atoms with Gasteiger partial charge in [0.2, 0.25) is 5.91 Å². The maximum Gasteiger partial charge on any atom is 0.220 e. The molecule has 1 heterocycles. The summed E-state index contributed by atoms with van der Waals surface area (Å²) in [5.74, 6) is 0.0504. The van der Waals surface area contributed by atoms with Crippen molar-refractivity contribution in [2.45, 2.75) is 25.9 Å². The quantitative estimate of drug-likeness (QED) is 0.668. The highest BCUT2D eigenvalue weighted by molar-refractivity contribution is 5.85. The molecule has 0 bridgehead atoms. The Hall–Kier alpha value is -1.79. The summed E-state index contributed by atoms with van der Waals surface area (Å²) in [5.41, 5.74) is 10.1. The van der Waals surface area contributed by atoms with Crippen molar-refractivity contribution in [3.8, 4) is 0 Å². The number of benzene rings is 2. The number of morpholine rings is 1. The minimum absolute atomic E-state index is 0. The van der Waals surface area contributed by atoms with Gasteiger partial charge >= 0.3 is 0 Å². The largest absolute Gasteiger partial charge is 0.399 e. The summed E-state index contributed by atoms with van der Waals surface area (Å²) in [6.07, 6.45) is 1.10. The van der Waals surface area contributed by atoms with Crippen LogP contribution in [0.25, 0.3) is 0 Å². The van der Waals surface area contributed by atoms with Gasteiger partial charge in [-0.05, 0) is 29.2 Å². The summed E-state index contributed by atoms with van der Waals surface area (Å²) in [4.78, 5) is 14.6. The maximum absolute atomic E-state index is 12.2. The van der Waals surface area contributed by atoms with Gasteiger partial charge in [0.05, 0.1) is 13.2 Å². The number of para-hydroxylation sites is 1. The fourth-order valence-electron chi connectivity index (χ4n) is 3.18. The monoisotopic (exact) mass is 425 g/mol. The van der Waals surface area contributed by atoms with Crippen LogP contribution >= 0.6 is 24.8 Å². The number of halogens is 2. The highest BCUT2D eigenvalue weighted by Gasteiger charge is 2.13. The summed E-state index contributed by atoms with van der Waals surface area (Å²) in [6.45, 7) is 4.96. The number of hydrogen-bond acceptors (Lipinski definition) is 4. The molecule has 1 fully saturated rings. The highest BCUT2D eigenvalue weighted by atomic mass is 35.5. The minimum Gasteiger partial charge on any atom is -0.399 e. The molecule has 7 heteroatoms. The van der Waals surface area contributed by atoms with Crippen LogP contribution in [0.5, 0.6) is 0 Å². The van der Waals surface area contributed by atoms with Crippen molar-refractivity contribution in [3.63, 3.8) is 0 Å². The standard InChI is InChI=1S/C21H27N3O2.2ClH/c22-20-8-4-3-5-17(20)9-10-21(25)23-15-18-6-1-2-7-19(18)16-24-11-13-26-14-12-24;;/h1-8H,9-16,22H2,(H,23,25);2*1H. The SMILES string of the molecule is Cl.Cl.Nc1ccccc1CCC(=O)NCc1ccccc1CN1CCOCC1. The van der Waals surface area contributed by atoms with Crippen molar-refractivity contribution in [2.24, 2.45) is 0 Å². The minimum atomic E-state index is 0. The van der Waals surface area contributed by atoms with Gasteiger partial charge in [0, 0.05) is 38.3 Å². The number of nitrogens with one attached hydrogen (secondary N) is 1. The molecule has 1 saturated heterocycles. The summed E-state index contributed by atoms with van der Waals surface area (Å²) in [5, 5.41) is 3.04. The van der Waals surface area contributed by atoms with Crippen molar-refractivity contribution in [3.05, 3.63) is 65.2 Å². The van der Waals surface area contributed by atoms with Crippen LogP contribution in [0.4, 0.5) is 5.69 Å². The number of carbonyl (C=O) groups excluding carboxylic acids is 1. The Balaban J connectivity index is 0.00000196. The first kappa shape index (κ1) is 24.2. The van der Waals surface area contributed by atoms with Gasteiger partial charge in [-0.1, -0.05) is 42.5 Å². The maximum atomic E-state index is 12.2. The molecule has 0 saturated carbocycles. The predicted molar refractivity (Wildman–Crippen MR) is 118 cm³/mol. The Morgan fingerprint density at radius 2 is 1.57 bits per heavy atom. The first-order chi connectivity index (χ1) is 12.7.